The lowest BCUT2D eigenvalue weighted by molar-refractivity contribution is 0.187. The Morgan fingerprint density at radius 1 is 1.43 bits per heavy atom. The highest BCUT2D eigenvalue weighted by atomic mass is 19.1. The third-order valence-corrected chi connectivity index (χ3v) is 1.58. The number of carbonyl (C=O) groups excluding carboxylic acids is 1. The molecule has 0 radical (unpaired) electrons. The summed E-state index contributed by atoms with van der Waals surface area (Å²) in [7, 11) is 2.60. The minimum atomic E-state index is -0.644. The molecule has 0 fully saturated rings. The van der Waals surface area contributed by atoms with Crippen molar-refractivity contribution in [1.29, 1.82) is 0 Å². The van der Waals surface area contributed by atoms with Gasteiger partial charge in [-0.05, 0) is 12.1 Å². The second-order valence-corrected chi connectivity index (χ2v) is 2.47. The SMILES string of the molecule is COC(=O)Nc1ccc(OC)c(F)c1. The van der Waals surface area contributed by atoms with Crippen LogP contribution in [-0.4, -0.2) is 20.3 Å². The first-order chi connectivity index (χ1) is 6.67. The van der Waals surface area contributed by atoms with Crippen LogP contribution < -0.4 is 10.1 Å². The van der Waals surface area contributed by atoms with Crippen molar-refractivity contribution in [2.24, 2.45) is 0 Å². The van der Waals surface area contributed by atoms with Gasteiger partial charge in [0, 0.05) is 11.8 Å². The maximum Gasteiger partial charge on any atom is 0.411 e. The Bertz CT molecular complexity index is 341. The van der Waals surface area contributed by atoms with Gasteiger partial charge in [-0.25, -0.2) is 9.18 Å². The summed E-state index contributed by atoms with van der Waals surface area (Å²) in [6.07, 6.45) is -0.644. The molecule has 0 unspecified atom stereocenters. The van der Waals surface area contributed by atoms with Crippen molar-refractivity contribution >= 4 is 11.8 Å². The van der Waals surface area contributed by atoms with Gasteiger partial charge in [-0.3, -0.25) is 5.32 Å². The predicted octanol–water partition coefficient (Wildman–Crippen LogP) is 2.01. The lowest BCUT2D eigenvalue weighted by Crippen LogP contribution is -2.10. The number of rotatable bonds is 2. The molecule has 0 heterocycles. The smallest absolute Gasteiger partial charge is 0.411 e. The molecule has 1 aromatic carbocycles. The van der Waals surface area contributed by atoms with Crippen molar-refractivity contribution < 1.29 is 18.7 Å². The van der Waals surface area contributed by atoms with E-state index in [0.29, 0.717) is 5.69 Å². The van der Waals surface area contributed by atoms with E-state index < -0.39 is 11.9 Å². The zero-order valence-corrected chi connectivity index (χ0v) is 7.83. The number of hydrogen-bond donors (Lipinski definition) is 1. The molecule has 1 amide bonds. The largest absolute Gasteiger partial charge is 0.494 e. The lowest BCUT2D eigenvalue weighted by Gasteiger charge is -2.05. The van der Waals surface area contributed by atoms with Gasteiger partial charge in [-0.2, -0.15) is 0 Å². The van der Waals surface area contributed by atoms with Crippen molar-refractivity contribution in [3.05, 3.63) is 24.0 Å². The zero-order valence-electron chi connectivity index (χ0n) is 7.83. The second kappa shape index (κ2) is 4.45. The Labute approximate surface area is 80.6 Å². The molecule has 4 nitrogen and oxygen atoms in total. The van der Waals surface area contributed by atoms with E-state index in [0.717, 1.165) is 6.07 Å². The van der Waals surface area contributed by atoms with Crippen LogP contribution in [0.15, 0.2) is 18.2 Å². The summed E-state index contributed by atoms with van der Waals surface area (Å²) >= 11 is 0. The van der Waals surface area contributed by atoms with Crippen molar-refractivity contribution in [2.45, 2.75) is 0 Å². The molecule has 0 bridgehead atoms. The summed E-state index contributed by atoms with van der Waals surface area (Å²) in [6, 6.07) is 4.08. The van der Waals surface area contributed by atoms with Gasteiger partial charge in [0.1, 0.15) is 0 Å². The maximum absolute atomic E-state index is 13.1. The van der Waals surface area contributed by atoms with Gasteiger partial charge in [0.25, 0.3) is 0 Å². The van der Waals surface area contributed by atoms with Gasteiger partial charge < -0.3 is 9.47 Å². The maximum atomic E-state index is 13.1. The van der Waals surface area contributed by atoms with Gasteiger partial charge in [0.2, 0.25) is 0 Å². The molecule has 1 rings (SSSR count). The molecule has 0 aliphatic heterocycles. The summed E-state index contributed by atoms with van der Waals surface area (Å²) in [5, 5.41) is 2.33. The minimum Gasteiger partial charge on any atom is -0.494 e. The van der Waals surface area contributed by atoms with Crippen LogP contribution in [0.3, 0.4) is 0 Å². The van der Waals surface area contributed by atoms with Gasteiger partial charge >= 0.3 is 6.09 Å². The molecule has 0 saturated heterocycles. The van der Waals surface area contributed by atoms with E-state index in [1.165, 1.54) is 26.4 Å². The number of hydrogen-bond acceptors (Lipinski definition) is 3. The van der Waals surface area contributed by atoms with Crippen LogP contribution in [0.25, 0.3) is 0 Å². The van der Waals surface area contributed by atoms with Gasteiger partial charge in [-0.1, -0.05) is 0 Å². The molecule has 0 aromatic heterocycles. The average Bonchev–Trinajstić information content (AvgIpc) is 2.18. The molecule has 0 aliphatic rings. The zero-order chi connectivity index (χ0) is 10.6. The van der Waals surface area contributed by atoms with Crippen LogP contribution in [0.1, 0.15) is 0 Å². The Morgan fingerprint density at radius 2 is 2.14 bits per heavy atom. The number of benzene rings is 1. The molecule has 1 N–H and O–H groups in total. The summed E-state index contributed by atoms with van der Waals surface area (Å²) in [4.78, 5) is 10.8. The molecular weight excluding hydrogens is 189 g/mol. The van der Waals surface area contributed by atoms with E-state index >= 15 is 0 Å². The number of amides is 1. The van der Waals surface area contributed by atoms with Crippen LogP contribution in [0.2, 0.25) is 0 Å². The number of nitrogens with one attached hydrogen (secondary N) is 1. The highest BCUT2D eigenvalue weighted by molar-refractivity contribution is 5.84. The molecular formula is C9H10FNO3. The number of halogens is 1. The third-order valence-electron chi connectivity index (χ3n) is 1.58. The second-order valence-electron chi connectivity index (χ2n) is 2.47. The molecule has 14 heavy (non-hydrogen) atoms. The van der Waals surface area contributed by atoms with E-state index in [4.69, 9.17) is 4.74 Å². The molecule has 0 atom stereocenters. The number of anilines is 1. The van der Waals surface area contributed by atoms with Gasteiger partial charge in [0.15, 0.2) is 11.6 Å². The van der Waals surface area contributed by atoms with E-state index in [9.17, 15) is 9.18 Å². The van der Waals surface area contributed by atoms with E-state index in [2.05, 4.69) is 10.1 Å². The van der Waals surface area contributed by atoms with Crippen LogP contribution in [0, 0.1) is 5.82 Å². The molecule has 76 valence electrons. The summed E-state index contributed by atoms with van der Waals surface area (Å²) < 4.78 is 22.1. The monoisotopic (exact) mass is 199 g/mol. The number of methoxy groups -OCH3 is 2. The topological polar surface area (TPSA) is 47.6 Å². The quantitative estimate of drug-likeness (QED) is 0.792. The van der Waals surface area contributed by atoms with E-state index in [1.807, 2.05) is 0 Å². The fourth-order valence-corrected chi connectivity index (χ4v) is 0.913. The minimum absolute atomic E-state index is 0.125. The Morgan fingerprint density at radius 3 is 2.64 bits per heavy atom. The molecule has 0 aliphatic carbocycles. The summed E-state index contributed by atoms with van der Waals surface area (Å²) in [6.45, 7) is 0. The van der Waals surface area contributed by atoms with Gasteiger partial charge in [-0.15, -0.1) is 0 Å². The summed E-state index contributed by atoms with van der Waals surface area (Å²) in [5.41, 5.74) is 0.315. The van der Waals surface area contributed by atoms with E-state index in [-0.39, 0.29) is 5.75 Å². The lowest BCUT2D eigenvalue weighted by atomic mass is 10.3. The Hall–Kier alpha value is -1.78. The molecule has 5 heteroatoms. The van der Waals surface area contributed by atoms with Crippen molar-refractivity contribution in [3.63, 3.8) is 0 Å². The normalized spacial score (nSPS) is 9.36. The molecule has 1 aromatic rings. The standard InChI is InChI=1S/C9H10FNO3/c1-13-8-4-3-6(5-7(8)10)11-9(12)14-2/h3-5H,1-2H3,(H,11,12). The molecule has 0 saturated carbocycles. The fourth-order valence-electron chi connectivity index (χ4n) is 0.913. The first-order valence-electron chi connectivity index (χ1n) is 3.86. The van der Waals surface area contributed by atoms with Crippen molar-refractivity contribution in [1.82, 2.24) is 0 Å². The Kier molecular flexibility index (Phi) is 3.28. The van der Waals surface area contributed by atoms with Crippen LogP contribution in [-0.2, 0) is 4.74 Å². The Balaban J connectivity index is 2.81. The predicted molar refractivity (Wildman–Crippen MR) is 49.0 cm³/mol. The fraction of sp³-hybridized carbons (Fsp3) is 0.222. The third kappa shape index (κ3) is 2.35. The van der Waals surface area contributed by atoms with Crippen molar-refractivity contribution in [3.8, 4) is 5.75 Å². The number of carbonyl (C=O) groups is 1. The highest BCUT2D eigenvalue weighted by Gasteiger charge is 2.05. The first kappa shape index (κ1) is 10.3. The van der Waals surface area contributed by atoms with Crippen LogP contribution in [0.4, 0.5) is 14.9 Å². The summed E-state index contributed by atoms with van der Waals surface area (Å²) in [5.74, 6) is -0.415. The van der Waals surface area contributed by atoms with E-state index in [1.54, 1.807) is 0 Å². The highest BCUT2D eigenvalue weighted by Crippen LogP contribution is 2.20. The van der Waals surface area contributed by atoms with Crippen molar-refractivity contribution in [2.75, 3.05) is 19.5 Å². The number of ether oxygens (including phenoxy) is 2. The average molecular weight is 199 g/mol. The first-order valence-corrected chi connectivity index (χ1v) is 3.86. The molecule has 0 spiro atoms. The van der Waals surface area contributed by atoms with Crippen LogP contribution in [0.5, 0.6) is 5.75 Å². The van der Waals surface area contributed by atoms with Crippen LogP contribution >= 0.6 is 0 Å². The van der Waals surface area contributed by atoms with Gasteiger partial charge in [0.05, 0.1) is 14.2 Å².